The van der Waals surface area contributed by atoms with Crippen LogP contribution in [0, 0.1) is 11.8 Å². The van der Waals surface area contributed by atoms with Gasteiger partial charge in [0.1, 0.15) is 0 Å². The number of nitrogens with one attached hydrogen (secondary N) is 1. The number of hydrogen-bond donors (Lipinski definition) is 1. The zero-order chi connectivity index (χ0) is 12.7. The summed E-state index contributed by atoms with van der Waals surface area (Å²) in [5, 5.41) is 3.73. The Kier molecular flexibility index (Phi) is 7.09. The first-order valence-electron chi connectivity index (χ1n) is 7.06. The maximum Gasteiger partial charge on any atom is 0.0589 e. The van der Waals surface area contributed by atoms with Crippen LogP contribution >= 0.6 is 0 Å². The third kappa shape index (κ3) is 5.36. The van der Waals surface area contributed by atoms with Crippen molar-refractivity contribution in [3.63, 3.8) is 0 Å². The number of likely N-dealkylation sites (N-methyl/N-ethyl adjacent to an activating group) is 1. The van der Waals surface area contributed by atoms with Gasteiger partial charge >= 0.3 is 0 Å². The molecular formula is C14H30N2O. The Balaban J connectivity index is 2.13. The molecular weight excluding hydrogens is 212 g/mol. The second-order valence-electron chi connectivity index (χ2n) is 5.62. The van der Waals surface area contributed by atoms with Crippen molar-refractivity contribution < 1.29 is 4.74 Å². The van der Waals surface area contributed by atoms with E-state index in [1.165, 1.54) is 19.3 Å². The molecule has 1 fully saturated rings. The van der Waals surface area contributed by atoms with Gasteiger partial charge in [0.15, 0.2) is 0 Å². The number of ether oxygens (including phenoxy) is 1. The minimum atomic E-state index is 0.731. The highest BCUT2D eigenvalue weighted by molar-refractivity contribution is 4.82. The summed E-state index contributed by atoms with van der Waals surface area (Å²) in [7, 11) is 3.92. The molecule has 3 unspecified atom stereocenters. The van der Waals surface area contributed by atoms with Crippen LogP contribution in [0.5, 0.6) is 0 Å². The fourth-order valence-electron chi connectivity index (χ4n) is 2.67. The topological polar surface area (TPSA) is 24.5 Å². The van der Waals surface area contributed by atoms with E-state index in [0.717, 1.165) is 44.1 Å². The first kappa shape index (κ1) is 14.9. The molecule has 17 heavy (non-hydrogen) atoms. The lowest BCUT2D eigenvalue weighted by Crippen LogP contribution is -2.43. The van der Waals surface area contributed by atoms with Crippen molar-refractivity contribution in [3.05, 3.63) is 0 Å². The molecule has 0 aliphatic heterocycles. The SMILES string of the molecule is COCCN(C)CCNC1CCCC(C)C1C. The zero-order valence-electron chi connectivity index (χ0n) is 12.0. The summed E-state index contributed by atoms with van der Waals surface area (Å²) in [6, 6.07) is 0.731. The van der Waals surface area contributed by atoms with Crippen molar-refractivity contribution in [2.45, 2.75) is 39.2 Å². The van der Waals surface area contributed by atoms with Gasteiger partial charge in [-0.3, -0.25) is 0 Å². The van der Waals surface area contributed by atoms with Gasteiger partial charge in [0.2, 0.25) is 0 Å². The van der Waals surface area contributed by atoms with E-state index < -0.39 is 0 Å². The first-order valence-corrected chi connectivity index (χ1v) is 7.06. The van der Waals surface area contributed by atoms with E-state index >= 15 is 0 Å². The molecule has 0 aromatic heterocycles. The van der Waals surface area contributed by atoms with Crippen molar-refractivity contribution >= 4 is 0 Å². The van der Waals surface area contributed by atoms with Crippen LogP contribution in [0.3, 0.4) is 0 Å². The third-order valence-electron chi connectivity index (χ3n) is 4.28. The van der Waals surface area contributed by atoms with Gasteiger partial charge in [-0.2, -0.15) is 0 Å². The Hall–Kier alpha value is -0.120. The summed E-state index contributed by atoms with van der Waals surface area (Å²) in [5.74, 6) is 1.71. The lowest BCUT2D eigenvalue weighted by Gasteiger charge is -2.35. The minimum absolute atomic E-state index is 0.731. The molecule has 102 valence electrons. The van der Waals surface area contributed by atoms with Gasteiger partial charge in [-0.1, -0.05) is 26.7 Å². The number of rotatable bonds is 7. The molecule has 0 heterocycles. The van der Waals surface area contributed by atoms with E-state index in [4.69, 9.17) is 4.74 Å². The molecule has 0 bridgehead atoms. The lowest BCUT2D eigenvalue weighted by atomic mass is 9.78. The maximum absolute atomic E-state index is 5.08. The maximum atomic E-state index is 5.08. The highest BCUT2D eigenvalue weighted by Gasteiger charge is 2.26. The highest BCUT2D eigenvalue weighted by Crippen LogP contribution is 2.29. The average molecular weight is 242 g/mol. The molecule has 1 saturated carbocycles. The van der Waals surface area contributed by atoms with E-state index in [-0.39, 0.29) is 0 Å². The number of methoxy groups -OCH3 is 1. The quantitative estimate of drug-likeness (QED) is 0.739. The van der Waals surface area contributed by atoms with E-state index in [1.54, 1.807) is 7.11 Å². The Bertz CT molecular complexity index is 199. The van der Waals surface area contributed by atoms with Crippen LogP contribution < -0.4 is 5.32 Å². The van der Waals surface area contributed by atoms with Gasteiger partial charge in [-0.25, -0.2) is 0 Å². The Morgan fingerprint density at radius 2 is 2.00 bits per heavy atom. The molecule has 3 atom stereocenters. The molecule has 3 nitrogen and oxygen atoms in total. The summed E-state index contributed by atoms with van der Waals surface area (Å²) in [5.41, 5.74) is 0. The Morgan fingerprint density at radius 1 is 1.24 bits per heavy atom. The fraction of sp³-hybridized carbons (Fsp3) is 1.00. The minimum Gasteiger partial charge on any atom is -0.383 e. The Morgan fingerprint density at radius 3 is 2.71 bits per heavy atom. The Labute approximate surface area is 107 Å². The lowest BCUT2D eigenvalue weighted by molar-refractivity contribution is 0.157. The van der Waals surface area contributed by atoms with Gasteiger partial charge in [0, 0.05) is 32.8 Å². The van der Waals surface area contributed by atoms with Crippen LogP contribution in [-0.4, -0.2) is 51.3 Å². The van der Waals surface area contributed by atoms with Crippen LogP contribution in [-0.2, 0) is 4.74 Å². The zero-order valence-corrected chi connectivity index (χ0v) is 12.0. The summed E-state index contributed by atoms with van der Waals surface area (Å²) < 4.78 is 5.08. The smallest absolute Gasteiger partial charge is 0.0589 e. The predicted octanol–water partition coefficient (Wildman–Crippen LogP) is 1.98. The molecule has 1 rings (SSSR count). The van der Waals surface area contributed by atoms with Gasteiger partial charge in [-0.05, 0) is 25.3 Å². The van der Waals surface area contributed by atoms with Crippen molar-refractivity contribution in [2.75, 3.05) is 40.4 Å². The first-order chi connectivity index (χ1) is 8.15. The van der Waals surface area contributed by atoms with E-state index in [2.05, 4.69) is 31.1 Å². The summed E-state index contributed by atoms with van der Waals surface area (Å²) >= 11 is 0. The van der Waals surface area contributed by atoms with Gasteiger partial charge in [-0.15, -0.1) is 0 Å². The molecule has 1 aliphatic carbocycles. The third-order valence-corrected chi connectivity index (χ3v) is 4.28. The van der Waals surface area contributed by atoms with E-state index in [1.807, 2.05) is 0 Å². The fourth-order valence-corrected chi connectivity index (χ4v) is 2.67. The van der Waals surface area contributed by atoms with Crippen LogP contribution in [0.15, 0.2) is 0 Å². The summed E-state index contributed by atoms with van der Waals surface area (Å²) in [6.45, 7) is 8.85. The van der Waals surface area contributed by atoms with Crippen molar-refractivity contribution in [1.82, 2.24) is 10.2 Å². The summed E-state index contributed by atoms with van der Waals surface area (Å²) in [4.78, 5) is 2.33. The number of hydrogen-bond acceptors (Lipinski definition) is 3. The van der Waals surface area contributed by atoms with Crippen molar-refractivity contribution in [1.29, 1.82) is 0 Å². The molecule has 3 heteroatoms. The average Bonchev–Trinajstić information content (AvgIpc) is 2.32. The molecule has 0 aromatic rings. The normalized spacial score (nSPS) is 29.8. The molecule has 0 radical (unpaired) electrons. The molecule has 0 spiro atoms. The van der Waals surface area contributed by atoms with E-state index in [9.17, 15) is 0 Å². The summed E-state index contributed by atoms with van der Waals surface area (Å²) in [6.07, 6.45) is 4.16. The van der Waals surface area contributed by atoms with E-state index in [0.29, 0.717) is 0 Å². The van der Waals surface area contributed by atoms with Crippen LogP contribution in [0.4, 0.5) is 0 Å². The highest BCUT2D eigenvalue weighted by atomic mass is 16.5. The molecule has 1 N–H and O–H groups in total. The van der Waals surface area contributed by atoms with Crippen LogP contribution in [0.25, 0.3) is 0 Å². The second kappa shape index (κ2) is 8.06. The molecule has 0 amide bonds. The van der Waals surface area contributed by atoms with Crippen molar-refractivity contribution in [2.24, 2.45) is 11.8 Å². The largest absolute Gasteiger partial charge is 0.383 e. The van der Waals surface area contributed by atoms with Gasteiger partial charge in [0.25, 0.3) is 0 Å². The van der Waals surface area contributed by atoms with Crippen LogP contribution in [0.2, 0.25) is 0 Å². The van der Waals surface area contributed by atoms with Crippen LogP contribution in [0.1, 0.15) is 33.1 Å². The van der Waals surface area contributed by atoms with Gasteiger partial charge in [0.05, 0.1) is 6.61 Å². The monoisotopic (exact) mass is 242 g/mol. The molecule has 1 aliphatic rings. The number of nitrogens with zero attached hydrogens (tertiary/aromatic N) is 1. The standard InChI is InChI=1S/C14H30N2O/c1-12-6-5-7-14(13(12)2)15-8-9-16(3)10-11-17-4/h12-15H,5-11H2,1-4H3. The second-order valence-corrected chi connectivity index (χ2v) is 5.62. The van der Waals surface area contributed by atoms with Crippen molar-refractivity contribution in [3.8, 4) is 0 Å². The predicted molar refractivity (Wildman–Crippen MR) is 73.3 cm³/mol. The molecule has 0 saturated heterocycles. The molecule has 0 aromatic carbocycles. The van der Waals surface area contributed by atoms with Gasteiger partial charge < -0.3 is 15.0 Å².